The Morgan fingerprint density at radius 2 is 1.67 bits per heavy atom. The number of carboxylic acid groups (broad SMARTS) is 1. The van der Waals surface area contributed by atoms with E-state index in [-0.39, 0.29) is 17.3 Å². The second kappa shape index (κ2) is 11.1. The second-order valence-corrected chi connectivity index (χ2v) is 15.6. The normalized spacial score (nSPS) is 14.0. The Kier molecular flexibility index (Phi) is 7.13. The molecule has 230 valence electrons. The quantitative estimate of drug-likeness (QED) is 0.171. The largest absolute Gasteiger partial charge is 0.478 e. The Morgan fingerprint density at radius 3 is 2.39 bits per heavy atom. The van der Waals surface area contributed by atoms with Gasteiger partial charge in [0.1, 0.15) is 13.0 Å². The first kappa shape index (κ1) is 29.6. The van der Waals surface area contributed by atoms with E-state index in [2.05, 4.69) is 10.3 Å². The first-order chi connectivity index (χ1) is 22.0. The lowest BCUT2D eigenvalue weighted by atomic mass is 9.98. The van der Waals surface area contributed by atoms with E-state index in [0.717, 1.165) is 56.8 Å². The van der Waals surface area contributed by atoms with Crippen molar-refractivity contribution in [3.05, 3.63) is 131 Å². The first-order valence-corrected chi connectivity index (χ1v) is 17.6. The summed E-state index contributed by atoms with van der Waals surface area (Å²) < 4.78 is 28.8. The molecule has 46 heavy (non-hydrogen) atoms. The topological polar surface area (TPSA) is 101 Å². The number of hydrogen-bond acceptors (Lipinski definition) is 4. The highest BCUT2D eigenvalue weighted by atomic mass is 31.2. The molecule has 2 aromatic heterocycles. The summed E-state index contributed by atoms with van der Waals surface area (Å²) in [5.41, 5.74) is 4.61. The Hall–Kier alpha value is -5.07. The molecule has 6 aromatic rings. The predicted octanol–water partition coefficient (Wildman–Crippen LogP) is 7.41. The molecule has 1 aliphatic rings. The van der Waals surface area contributed by atoms with Crippen molar-refractivity contribution in [2.45, 2.75) is 24.9 Å². The van der Waals surface area contributed by atoms with Gasteiger partial charge < -0.3 is 19.6 Å². The van der Waals surface area contributed by atoms with Crippen molar-refractivity contribution >= 4 is 46.1 Å². The molecule has 0 bridgehead atoms. The van der Waals surface area contributed by atoms with Crippen LogP contribution in [0.2, 0.25) is 0 Å². The molecule has 0 spiro atoms. The minimum Gasteiger partial charge on any atom is -0.478 e. The molecule has 0 saturated heterocycles. The highest BCUT2D eigenvalue weighted by Gasteiger charge is 2.46. The van der Waals surface area contributed by atoms with Crippen molar-refractivity contribution in [3.63, 3.8) is 0 Å². The van der Waals surface area contributed by atoms with Crippen LogP contribution in [0.1, 0.15) is 44.8 Å². The van der Waals surface area contributed by atoms with Gasteiger partial charge in [-0.1, -0.05) is 36.4 Å². The van der Waals surface area contributed by atoms with E-state index in [4.69, 9.17) is 0 Å². The number of pyridine rings is 1. The number of aromatic nitrogens is 2. The van der Waals surface area contributed by atoms with Gasteiger partial charge in [-0.05, 0) is 97.5 Å². The monoisotopic (exact) mass is 631 g/mol. The van der Waals surface area contributed by atoms with Crippen LogP contribution < -0.4 is 10.6 Å². The third kappa shape index (κ3) is 5.61. The summed E-state index contributed by atoms with van der Waals surface area (Å²) in [6.45, 7) is 3.84. The third-order valence-corrected chi connectivity index (χ3v) is 10.3. The maximum absolute atomic E-state index is 14.3. The Bertz CT molecular complexity index is 2230. The van der Waals surface area contributed by atoms with Crippen LogP contribution in [0.3, 0.4) is 0 Å². The van der Waals surface area contributed by atoms with Gasteiger partial charge in [0.2, 0.25) is 0 Å². The molecule has 2 N–H and O–H groups in total. The molecule has 0 radical (unpaired) electrons. The number of halogens is 1. The van der Waals surface area contributed by atoms with E-state index in [1.807, 2.05) is 65.4 Å². The lowest BCUT2D eigenvalue weighted by molar-refractivity contribution is 0.0696. The molecule has 1 aliphatic carbocycles. The average molecular weight is 632 g/mol. The molecule has 7 nitrogen and oxygen atoms in total. The minimum absolute atomic E-state index is 0.189. The fourth-order valence-electron chi connectivity index (χ4n) is 6.06. The molecule has 2 heterocycles. The second-order valence-electron chi connectivity index (χ2n) is 12.4. The van der Waals surface area contributed by atoms with E-state index in [0.29, 0.717) is 17.6 Å². The van der Waals surface area contributed by atoms with Gasteiger partial charge in [0, 0.05) is 28.3 Å². The average Bonchev–Trinajstić information content (AvgIpc) is 3.71. The summed E-state index contributed by atoms with van der Waals surface area (Å²) >= 11 is 0. The van der Waals surface area contributed by atoms with Gasteiger partial charge in [0.25, 0.3) is 5.91 Å². The SMILES string of the molecule is CP(C)(=O)c1cccc(-c2cc(C(=O)NC3(c4ccc(C(=O)O)cc4)CC3)c3c(ccn3Cc3ccc4ccc(F)cc4n3)c2)c1. The zero-order valence-corrected chi connectivity index (χ0v) is 26.2. The molecule has 9 heteroatoms. The number of rotatable bonds is 8. The van der Waals surface area contributed by atoms with Crippen molar-refractivity contribution in [3.8, 4) is 11.1 Å². The lowest BCUT2D eigenvalue weighted by Crippen LogP contribution is -2.35. The Morgan fingerprint density at radius 1 is 0.913 bits per heavy atom. The smallest absolute Gasteiger partial charge is 0.335 e. The molecule has 1 amide bonds. The summed E-state index contributed by atoms with van der Waals surface area (Å²) in [7, 11) is -2.51. The minimum atomic E-state index is -2.51. The fourth-order valence-corrected chi connectivity index (χ4v) is 6.96. The maximum Gasteiger partial charge on any atom is 0.335 e. The molecule has 7 rings (SSSR count). The standard InChI is InChI=1S/C37H31FN3O4P/c1-46(2,45)31-5-3-4-25(19-31)27-18-26-14-17-41(22-30-13-9-23-8-12-29(38)21-33(23)39-30)34(26)32(20-27)35(42)40-37(15-16-37)28-10-6-24(7-11-28)36(43)44/h3-14,17-21H,15-16,22H2,1-2H3,(H,40,42)(H,43,44). The van der Waals surface area contributed by atoms with Crippen LogP contribution in [0.5, 0.6) is 0 Å². The van der Waals surface area contributed by atoms with E-state index in [1.54, 1.807) is 43.7 Å². The van der Waals surface area contributed by atoms with Gasteiger partial charge in [0.05, 0.1) is 39.9 Å². The van der Waals surface area contributed by atoms with Gasteiger partial charge in [-0.25, -0.2) is 9.18 Å². The molecule has 0 atom stereocenters. The molecular weight excluding hydrogens is 600 g/mol. The first-order valence-electron chi connectivity index (χ1n) is 15.0. The van der Waals surface area contributed by atoms with Crippen LogP contribution in [0.4, 0.5) is 4.39 Å². The number of aromatic carboxylic acids is 1. The highest BCUT2D eigenvalue weighted by molar-refractivity contribution is 7.70. The zero-order chi connectivity index (χ0) is 32.2. The van der Waals surface area contributed by atoms with Crippen molar-refractivity contribution in [2.75, 3.05) is 13.3 Å². The van der Waals surface area contributed by atoms with Gasteiger partial charge in [-0.2, -0.15) is 0 Å². The summed E-state index contributed by atoms with van der Waals surface area (Å²) in [5, 5.41) is 15.1. The molecule has 0 unspecified atom stereocenters. The Labute approximate surface area is 265 Å². The van der Waals surface area contributed by atoms with Crippen LogP contribution >= 0.6 is 7.14 Å². The zero-order valence-electron chi connectivity index (χ0n) is 25.3. The van der Waals surface area contributed by atoms with Gasteiger partial charge in [0.15, 0.2) is 0 Å². The van der Waals surface area contributed by atoms with E-state index in [1.165, 1.54) is 12.1 Å². The van der Waals surface area contributed by atoms with Gasteiger partial charge in [-0.3, -0.25) is 9.78 Å². The number of carboxylic acids is 1. The van der Waals surface area contributed by atoms with E-state index < -0.39 is 18.7 Å². The predicted molar refractivity (Wildman–Crippen MR) is 179 cm³/mol. The van der Waals surface area contributed by atoms with Crippen LogP contribution in [-0.4, -0.2) is 39.9 Å². The number of benzene rings is 4. The highest BCUT2D eigenvalue weighted by Crippen LogP contribution is 2.46. The maximum atomic E-state index is 14.3. The molecule has 1 fully saturated rings. The summed E-state index contributed by atoms with van der Waals surface area (Å²) in [6.07, 6.45) is 3.39. The van der Waals surface area contributed by atoms with E-state index in [9.17, 15) is 23.7 Å². The Balaban J connectivity index is 1.31. The van der Waals surface area contributed by atoms with Crippen LogP contribution in [0.15, 0.2) is 103 Å². The van der Waals surface area contributed by atoms with Crippen molar-refractivity contribution < 1.29 is 23.7 Å². The third-order valence-electron chi connectivity index (χ3n) is 8.74. The van der Waals surface area contributed by atoms with Crippen LogP contribution in [0.25, 0.3) is 32.9 Å². The van der Waals surface area contributed by atoms with E-state index >= 15 is 0 Å². The van der Waals surface area contributed by atoms with Crippen molar-refractivity contribution in [2.24, 2.45) is 0 Å². The molecule has 0 aliphatic heterocycles. The number of fused-ring (bicyclic) bond motifs is 2. The molecule has 4 aromatic carbocycles. The number of hydrogen-bond donors (Lipinski definition) is 2. The number of amides is 1. The van der Waals surface area contributed by atoms with Crippen molar-refractivity contribution in [1.29, 1.82) is 0 Å². The fraction of sp³-hybridized carbons (Fsp3) is 0.162. The number of carbonyl (C=O) groups is 2. The summed E-state index contributed by atoms with van der Waals surface area (Å²) in [5.74, 6) is -1.61. The lowest BCUT2D eigenvalue weighted by Gasteiger charge is -2.20. The van der Waals surface area contributed by atoms with Crippen LogP contribution in [-0.2, 0) is 16.6 Å². The van der Waals surface area contributed by atoms with Crippen molar-refractivity contribution in [1.82, 2.24) is 14.9 Å². The number of carbonyl (C=O) groups excluding carboxylic acids is 1. The van der Waals surface area contributed by atoms with Gasteiger partial charge in [-0.15, -0.1) is 0 Å². The summed E-state index contributed by atoms with van der Waals surface area (Å²) in [4.78, 5) is 30.4. The van der Waals surface area contributed by atoms with Gasteiger partial charge >= 0.3 is 5.97 Å². The number of nitrogens with zero attached hydrogens (tertiary/aromatic N) is 2. The van der Waals surface area contributed by atoms with Crippen LogP contribution in [0, 0.1) is 5.82 Å². The summed E-state index contributed by atoms with van der Waals surface area (Å²) in [6, 6.07) is 28.5. The number of nitrogens with one attached hydrogen (secondary N) is 1. The molecule has 1 saturated carbocycles. The molecular formula is C37H31FN3O4P.